The Morgan fingerprint density at radius 2 is 1.88 bits per heavy atom. The fraction of sp³-hybridized carbons (Fsp3) is 0.278. The summed E-state index contributed by atoms with van der Waals surface area (Å²) < 4.78 is 54.6. The van der Waals surface area contributed by atoms with Crippen LogP contribution in [-0.4, -0.2) is 14.3 Å². The van der Waals surface area contributed by atoms with Crippen LogP contribution in [0.4, 0.5) is 14.5 Å². The first-order chi connectivity index (χ1) is 12.3. The van der Waals surface area contributed by atoms with Gasteiger partial charge in [-0.1, -0.05) is 6.07 Å². The third-order valence-electron chi connectivity index (χ3n) is 4.27. The van der Waals surface area contributed by atoms with Gasteiger partial charge >= 0.3 is 0 Å². The average Bonchev–Trinajstić information content (AvgIpc) is 2.74. The van der Waals surface area contributed by atoms with E-state index in [0.29, 0.717) is 31.0 Å². The maximum absolute atomic E-state index is 13.9. The van der Waals surface area contributed by atoms with E-state index in [1.807, 2.05) is 0 Å². The molecule has 2 aromatic rings. The van der Waals surface area contributed by atoms with E-state index >= 15 is 0 Å². The molecule has 1 aliphatic heterocycles. The largest absolute Gasteiger partial charge is 0.326 e. The lowest BCUT2D eigenvalue weighted by atomic mass is 10.1. The molecule has 1 atom stereocenters. The SMILES string of the molecule is C[C@H](NS(=O)(=O)c1ccc2c(c1)CCCC(=O)N2)c1ccc(F)cc1F. The zero-order valence-corrected chi connectivity index (χ0v) is 14.9. The second kappa shape index (κ2) is 7.13. The quantitative estimate of drug-likeness (QED) is 0.855. The molecule has 2 aromatic carbocycles. The first-order valence-electron chi connectivity index (χ1n) is 8.16. The van der Waals surface area contributed by atoms with Crippen LogP contribution in [0.25, 0.3) is 0 Å². The maximum atomic E-state index is 13.9. The van der Waals surface area contributed by atoms with Gasteiger partial charge in [-0.3, -0.25) is 4.79 Å². The van der Waals surface area contributed by atoms with Gasteiger partial charge in [-0.05, 0) is 49.6 Å². The highest BCUT2D eigenvalue weighted by Crippen LogP contribution is 2.26. The van der Waals surface area contributed by atoms with Crippen molar-refractivity contribution in [2.24, 2.45) is 0 Å². The standard InChI is InChI=1S/C18H18F2N2O3S/c1-11(15-7-5-13(19)10-16(15)20)22-26(24,25)14-6-8-17-12(9-14)3-2-4-18(23)21-17/h5-11,22H,2-4H2,1H3,(H,21,23)/t11-/m0/s1. The van der Waals surface area contributed by atoms with E-state index in [0.717, 1.165) is 11.6 Å². The Balaban J connectivity index is 1.86. The summed E-state index contributed by atoms with van der Waals surface area (Å²) in [6.07, 6.45) is 1.60. The number of halogens is 2. The van der Waals surface area contributed by atoms with E-state index in [1.54, 1.807) is 6.07 Å². The van der Waals surface area contributed by atoms with Crippen LogP contribution in [0.5, 0.6) is 0 Å². The highest BCUT2D eigenvalue weighted by molar-refractivity contribution is 7.89. The number of rotatable bonds is 4. The van der Waals surface area contributed by atoms with Gasteiger partial charge in [-0.25, -0.2) is 21.9 Å². The maximum Gasteiger partial charge on any atom is 0.241 e. The van der Waals surface area contributed by atoms with Gasteiger partial charge in [0.1, 0.15) is 11.6 Å². The molecule has 8 heteroatoms. The van der Waals surface area contributed by atoms with Crippen LogP contribution in [0.1, 0.15) is 36.9 Å². The topological polar surface area (TPSA) is 75.3 Å². The summed E-state index contributed by atoms with van der Waals surface area (Å²) in [5, 5.41) is 2.74. The molecule has 0 unspecified atom stereocenters. The molecule has 1 heterocycles. The Morgan fingerprint density at radius 3 is 2.62 bits per heavy atom. The van der Waals surface area contributed by atoms with Gasteiger partial charge in [-0.15, -0.1) is 0 Å². The minimum absolute atomic E-state index is 0.0294. The summed E-state index contributed by atoms with van der Waals surface area (Å²) in [6, 6.07) is 6.58. The number of anilines is 1. The predicted molar refractivity (Wildman–Crippen MR) is 93.1 cm³/mol. The molecule has 2 N–H and O–H groups in total. The molecule has 5 nitrogen and oxygen atoms in total. The first kappa shape index (κ1) is 18.5. The summed E-state index contributed by atoms with van der Waals surface area (Å²) in [4.78, 5) is 11.6. The van der Waals surface area contributed by atoms with E-state index in [4.69, 9.17) is 0 Å². The normalized spacial score (nSPS) is 15.7. The van der Waals surface area contributed by atoms with E-state index in [9.17, 15) is 22.0 Å². The summed E-state index contributed by atoms with van der Waals surface area (Å²) >= 11 is 0. The molecule has 0 spiro atoms. The third-order valence-corrected chi connectivity index (χ3v) is 5.81. The van der Waals surface area contributed by atoms with Crippen LogP contribution >= 0.6 is 0 Å². The second-order valence-electron chi connectivity index (χ2n) is 6.23. The molecule has 26 heavy (non-hydrogen) atoms. The summed E-state index contributed by atoms with van der Waals surface area (Å²) in [6.45, 7) is 1.48. The molecule has 0 aliphatic carbocycles. The monoisotopic (exact) mass is 380 g/mol. The lowest BCUT2D eigenvalue weighted by molar-refractivity contribution is -0.116. The van der Waals surface area contributed by atoms with Crippen LogP contribution in [0.15, 0.2) is 41.3 Å². The highest BCUT2D eigenvalue weighted by atomic mass is 32.2. The number of nitrogens with one attached hydrogen (secondary N) is 2. The molecule has 0 saturated carbocycles. The van der Waals surface area contributed by atoms with Crippen LogP contribution < -0.4 is 10.0 Å². The lowest BCUT2D eigenvalue weighted by Crippen LogP contribution is -2.27. The molecule has 0 fully saturated rings. The van der Waals surface area contributed by atoms with Crippen molar-refractivity contribution in [1.82, 2.24) is 4.72 Å². The van der Waals surface area contributed by atoms with Crippen molar-refractivity contribution in [3.8, 4) is 0 Å². The Bertz CT molecular complexity index is 961. The van der Waals surface area contributed by atoms with Crippen molar-refractivity contribution in [2.45, 2.75) is 37.1 Å². The molecule has 0 aromatic heterocycles. The van der Waals surface area contributed by atoms with Gasteiger partial charge in [0.05, 0.1) is 4.90 Å². The van der Waals surface area contributed by atoms with Crippen LogP contribution in [0, 0.1) is 11.6 Å². The number of fused-ring (bicyclic) bond motifs is 1. The van der Waals surface area contributed by atoms with Crippen molar-refractivity contribution in [3.63, 3.8) is 0 Å². The number of carbonyl (C=O) groups excluding carboxylic acids is 1. The van der Waals surface area contributed by atoms with Crippen molar-refractivity contribution in [1.29, 1.82) is 0 Å². The number of hydrogen-bond acceptors (Lipinski definition) is 3. The number of hydrogen-bond donors (Lipinski definition) is 2. The molecule has 0 radical (unpaired) electrons. The predicted octanol–water partition coefficient (Wildman–Crippen LogP) is 3.28. The molecular formula is C18H18F2N2O3S. The molecule has 0 saturated heterocycles. The Morgan fingerprint density at radius 1 is 1.12 bits per heavy atom. The number of sulfonamides is 1. The van der Waals surface area contributed by atoms with Crippen molar-refractivity contribution in [3.05, 3.63) is 59.2 Å². The van der Waals surface area contributed by atoms with Crippen LogP contribution in [-0.2, 0) is 21.2 Å². The smallest absolute Gasteiger partial charge is 0.241 e. The molecule has 138 valence electrons. The summed E-state index contributed by atoms with van der Waals surface area (Å²) in [5.41, 5.74) is 1.39. The fourth-order valence-corrected chi connectivity index (χ4v) is 4.21. The molecule has 1 amide bonds. The van der Waals surface area contributed by atoms with E-state index < -0.39 is 27.7 Å². The van der Waals surface area contributed by atoms with Gasteiger partial charge in [0.25, 0.3) is 0 Å². The first-order valence-corrected chi connectivity index (χ1v) is 9.64. The van der Waals surface area contributed by atoms with E-state index in [-0.39, 0.29) is 16.4 Å². The Kier molecular flexibility index (Phi) is 5.06. The van der Waals surface area contributed by atoms with Gasteiger partial charge < -0.3 is 5.32 Å². The van der Waals surface area contributed by atoms with Crippen LogP contribution in [0.2, 0.25) is 0 Å². The number of benzene rings is 2. The summed E-state index contributed by atoms with van der Waals surface area (Å²) in [5.74, 6) is -1.64. The molecular weight excluding hydrogens is 362 g/mol. The van der Waals surface area contributed by atoms with Crippen molar-refractivity contribution in [2.75, 3.05) is 5.32 Å². The average molecular weight is 380 g/mol. The second-order valence-corrected chi connectivity index (χ2v) is 7.94. The zero-order valence-electron chi connectivity index (χ0n) is 14.1. The van der Waals surface area contributed by atoms with Crippen LogP contribution in [0.3, 0.4) is 0 Å². The van der Waals surface area contributed by atoms with Crippen molar-refractivity contribution < 1.29 is 22.0 Å². The number of amides is 1. The molecule has 3 rings (SSSR count). The fourth-order valence-electron chi connectivity index (χ4n) is 2.94. The lowest BCUT2D eigenvalue weighted by Gasteiger charge is -2.16. The Labute approximate surface area is 150 Å². The van der Waals surface area contributed by atoms with Gasteiger partial charge in [0, 0.05) is 29.8 Å². The number of aryl methyl sites for hydroxylation is 1. The van der Waals surface area contributed by atoms with E-state index in [2.05, 4.69) is 10.0 Å². The minimum atomic E-state index is -3.92. The van der Waals surface area contributed by atoms with Gasteiger partial charge in [0.2, 0.25) is 15.9 Å². The minimum Gasteiger partial charge on any atom is -0.326 e. The molecule has 0 bridgehead atoms. The number of carbonyl (C=O) groups is 1. The molecule has 1 aliphatic rings. The zero-order chi connectivity index (χ0) is 18.9. The Hall–Kier alpha value is -2.32. The van der Waals surface area contributed by atoms with Gasteiger partial charge in [0.15, 0.2) is 0 Å². The highest BCUT2D eigenvalue weighted by Gasteiger charge is 2.22. The van der Waals surface area contributed by atoms with E-state index in [1.165, 1.54) is 25.1 Å². The third kappa shape index (κ3) is 3.91. The summed E-state index contributed by atoms with van der Waals surface area (Å²) in [7, 11) is -3.92. The van der Waals surface area contributed by atoms with Crippen molar-refractivity contribution >= 4 is 21.6 Å². The van der Waals surface area contributed by atoms with Gasteiger partial charge in [-0.2, -0.15) is 0 Å².